The van der Waals surface area contributed by atoms with Gasteiger partial charge in [-0.3, -0.25) is 19.9 Å². The van der Waals surface area contributed by atoms with E-state index in [1.165, 1.54) is 24.4 Å². The molecule has 0 spiro atoms. The highest BCUT2D eigenvalue weighted by Crippen LogP contribution is 2.29. The predicted octanol–water partition coefficient (Wildman–Crippen LogP) is 4.35. The molecule has 5 rings (SSSR count). The van der Waals surface area contributed by atoms with Crippen LogP contribution in [-0.2, 0) is 4.79 Å². The number of anilines is 2. The highest BCUT2D eigenvalue weighted by atomic mass is 32.2. The Morgan fingerprint density at radius 2 is 1.89 bits per heavy atom. The smallest absolute Gasteiger partial charge is 0.321 e. The molecule has 2 aliphatic heterocycles. The van der Waals surface area contributed by atoms with E-state index in [1.54, 1.807) is 17.2 Å². The number of carbonyl (C=O) groups excluding carboxylic acids is 3. The molecule has 0 radical (unpaired) electrons. The Morgan fingerprint density at radius 3 is 2.68 bits per heavy atom. The van der Waals surface area contributed by atoms with Gasteiger partial charge in [0.1, 0.15) is 11.6 Å². The highest BCUT2D eigenvalue weighted by molar-refractivity contribution is 8.18. The summed E-state index contributed by atoms with van der Waals surface area (Å²) < 4.78 is 14.8. The number of imide groups is 1. The number of hydrogen-bond acceptors (Lipinski definition) is 7. The molecule has 0 unspecified atom stereocenters. The Bertz CT molecular complexity index is 1380. The van der Waals surface area contributed by atoms with Gasteiger partial charge in [-0.15, -0.1) is 0 Å². The van der Waals surface area contributed by atoms with E-state index in [9.17, 15) is 18.8 Å². The van der Waals surface area contributed by atoms with E-state index in [1.807, 2.05) is 35.2 Å². The number of nitrogens with one attached hydrogen (secondary N) is 2. The summed E-state index contributed by atoms with van der Waals surface area (Å²) in [6.07, 6.45) is 5.38. The molecule has 37 heavy (non-hydrogen) atoms. The maximum absolute atomic E-state index is 14.8. The van der Waals surface area contributed by atoms with Crippen LogP contribution in [-0.4, -0.2) is 58.2 Å². The molecule has 2 aliphatic rings. The molecule has 0 bridgehead atoms. The van der Waals surface area contributed by atoms with E-state index in [0.717, 1.165) is 23.9 Å². The van der Waals surface area contributed by atoms with Gasteiger partial charge in [0.2, 0.25) is 0 Å². The van der Waals surface area contributed by atoms with Crippen molar-refractivity contribution in [3.05, 3.63) is 77.2 Å². The van der Waals surface area contributed by atoms with Crippen LogP contribution in [0.15, 0.2) is 65.8 Å². The number of amides is 4. The summed E-state index contributed by atoms with van der Waals surface area (Å²) in [5.74, 6) is -0.370. The first-order chi connectivity index (χ1) is 18.0. The lowest BCUT2D eigenvalue weighted by molar-refractivity contribution is -0.115. The quantitative estimate of drug-likeness (QED) is 0.495. The van der Waals surface area contributed by atoms with Gasteiger partial charge in [-0.2, -0.15) is 0 Å². The minimum Gasteiger partial charge on any atom is -0.353 e. The van der Waals surface area contributed by atoms with Gasteiger partial charge in [0.15, 0.2) is 0 Å². The van der Waals surface area contributed by atoms with Crippen molar-refractivity contribution < 1.29 is 18.8 Å². The van der Waals surface area contributed by atoms with Gasteiger partial charge < -0.3 is 15.1 Å². The van der Waals surface area contributed by atoms with Crippen molar-refractivity contribution in [2.24, 2.45) is 0 Å². The van der Waals surface area contributed by atoms with E-state index in [2.05, 4.69) is 20.6 Å². The molecule has 0 atom stereocenters. The van der Waals surface area contributed by atoms with Crippen molar-refractivity contribution in [1.29, 1.82) is 0 Å². The van der Waals surface area contributed by atoms with Crippen molar-refractivity contribution in [3.8, 4) is 11.3 Å². The molecular formula is C26H23FN6O3S. The van der Waals surface area contributed by atoms with Gasteiger partial charge in [-0.05, 0) is 54.1 Å². The van der Waals surface area contributed by atoms with E-state index in [-0.39, 0.29) is 16.5 Å². The number of hydrogen-bond donors (Lipinski definition) is 2. The topological polar surface area (TPSA) is 108 Å². The molecule has 4 amide bonds. The van der Waals surface area contributed by atoms with Gasteiger partial charge in [0.25, 0.3) is 11.1 Å². The first-order valence-electron chi connectivity index (χ1n) is 11.7. The Morgan fingerprint density at radius 1 is 1.05 bits per heavy atom. The fourth-order valence-corrected chi connectivity index (χ4v) is 4.80. The predicted molar refractivity (Wildman–Crippen MR) is 140 cm³/mol. The van der Waals surface area contributed by atoms with Crippen LogP contribution in [0, 0.1) is 5.82 Å². The van der Waals surface area contributed by atoms with Crippen molar-refractivity contribution in [3.63, 3.8) is 0 Å². The van der Waals surface area contributed by atoms with Gasteiger partial charge in [0, 0.05) is 37.4 Å². The third kappa shape index (κ3) is 5.78. The zero-order chi connectivity index (χ0) is 25.8. The fraction of sp³-hybridized carbons (Fsp3) is 0.192. The molecule has 0 aliphatic carbocycles. The summed E-state index contributed by atoms with van der Waals surface area (Å²) in [4.78, 5) is 49.0. The van der Waals surface area contributed by atoms with Crippen molar-refractivity contribution in [2.45, 2.75) is 6.42 Å². The standard InChI is InChI=1S/C26H23FN6O3S/c27-20-8-7-17(14-22-24(34)31-26(36)37-22)13-19(20)21-15-28-16-23(30-21)32-9-4-10-33(12-11-32)25(35)29-18-5-2-1-3-6-18/h1-3,5-8,13-16H,4,9-12H2,(H,29,35)(H,31,34,36). The molecule has 3 aromatic rings. The summed E-state index contributed by atoms with van der Waals surface area (Å²) in [5, 5.41) is 4.68. The SMILES string of the molecule is O=C1NC(=O)C(=Cc2ccc(F)c(-c3cncc(N4CCCN(C(=O)Nc5ccccc5)CC4)n3)c2)S1. The van der Waals surface area contributed by atoms with Crippen LogP contribution in [0.2, 0.25) is 0 Å². The van der Waals surface area contributed by atoms with Crippen LogP contribution in [0.25, 0.3) is 17.3 Å². The summed E-state index contributed by atoms with van der Waals surface area (Å²) in [6.45, 7) is 2.32. The lowest BCUT2D eigenvalue weighted by Crippen LogP contribution is -2.38. The number of rotatable bonds is 4. The summed E-state index contributed by atoms with van der Waals surface area (Å²) >= 11 is 0.801. The van der Waals surface area contributed by atoms with E-state index in [0.29, 0.717) is 43.3 Å². The monoisotopic (exact) mass is 518 g/mol. The van der Waals surface area contributed by atoms with E-state index >= 15 is 0 Å². The maximum atomic E-state index is 14.8. The molecule has 11 heteroatoms. The zero-order valence-electron chi connectivity index (χ0n) is 19.7. The normalized spacial score (nSPS) is 17.1. The number of urea groups is 1. The van der Waals surface area contributed by atoms with Gasteiger partial charge in [-0.1, -0.05) is 24.3 Å². The van der Waals surface area contributed by atoms with Crippen molar-refractivity contribution >= 4 is 46.5 Å². The van der Waals surface area contributed by atoms with Gasteiger partial charge in [0.05, 0.1) is 23.0 Å². The van der Waals surface area contributed by atoms with Crippen LogP contribution in [0.4, 0.5) is 25.5 Å². The summed E-state index contributed by atoms with van der Waals surface area (Å²) in [5.41, 5.74) is 1.88. The Hall–Kier alpha value is -4.25. The van der Waals surface area contributed by atoms with Crippen LogP contribution in [0.1, 0.15) is 12.0 Å². The molecule has 2 saturated heterocycles. The minimum atomic E-state index is -0.479. The second-order valence-electron chi connectivity index (χ2n) is 8.48. The molecule has 2 fully saturated rings. The van der Waals surface area contributed by atoms with Crippen LogP contribution in [0.3, 0.4) is 0 Å². The fourth-order valence-electron chi connectivity index (χ4n) is 4.11. The number of benzene rings is 2. The number of thioether (sulfide) groups is 1. The number of para-hydroxylation sites is 1. The largest absolute Gasteiger partial charge is 0.353 e. The number of aromatic nitrogens is 2. The lowest BCUT2D eigenvalue weighted by atomic mass is 10.1. The molecule has 9 nitrogen and oxygen atoms in total. The highest BCUT2D eigenvalue weighted by Gasteiger charge is 2.25. The number of carbonyl (C=O) groups is 3. The average Bonchev–Trinajstić information content (AvgIpc) is 3.08. The number of halogens is 1. The first kappa shape index (κ1) is 24.4. The molecule has 2 N–H and O–H groups in total. The average molecular weight is 519 g/mol. The van der Waals surface area contributed by atoms with Crippen LogP contribution in [0.5, 0.6) is 0 Å². The Labute approximate surface area is 216 Å². The first-order valence-corrected chi connectivity index (χ1v) is 12.5. The van der Waals surface area contributed by atoms with Gasteiger partial charge in [-0.25, -0.2) is 14.2 Å². The number of nitrogens with zero attached hydrogens (tertiary/aromatic N) is 4. The third-order valence-corrected chi connectivity index (χ3v) is 6.77. The molecular weight excluding hydrogens is 495 g/mol. The van der Waals surface area contributed by atoms with Crippen LogP contribution < -0.4 is 15.5 Å². The van der Waals surface area contributed by atoms with Crippen LogP contribution >= 0.6 is 11.8 Å². The zero-order valence-corrected chi connectivity index (χ0v) is 20.5. The van der Waals surface area contributed by atoms with Gasteiger partial charge >= 0.3 is 6.03 Å². The van der Waals surface area contributed by atoms with E-state index in [4.69, 9.17) is 0 Å². The molecule has 0 saturated carbocycles. The summed E-state index contributed by atoms with van der Waals surface area (Å²) in [6, 6.07) is 13.6. The van der Waals surface area contributed by atoms with Crippen molar-refractivity contribution in [2.75, 3.05) is 36.4 Å². The molecule has 2 aromatic carbocycles. The summed E-state index contributed by atoms with van der Waals surface area (Å²) in [7, 11) is 0. The lowest BCUT2D eigenvalue weighted by Gasteiger charge is -2.23. The van der Waals surface area contributed by atoms with Crippen molar-refractivity contribution in [1.82, 2.24) is 20.2 Å². The second kappa shape index (κ2) is 10.8. The van der Waals surface area contributed by atoms with E-state index < -0.39 is 17.0 Å². The molecule has 3 heterocycles. The minimum absolute atomic E-state index is 0.156. The maximum Gasteiger partial charge on any atom is 0.321 e. The third-order valence-electron chi connectivity index (χ3n) is 5.96. The second-order valence-corrected chi connectivity index (χ2v) is 9.49. The Kier molecular flexibility index (Phi) is 7.13. The molecule has 1 aromatic heterocycles. The molecule has 188 valence electrons. The Balaban J connectivity index is 1.31.